The lowest BCUT2D eigenvalue weighted by Crippen LogP contribution is -2.55. The Kier molecular flexibility index (Phi) is 4.69. The van der Waals surface area contributed by atoms with E-state index in [9.17, 15) is 9.59 Å². The van der Waals surface area contributed by atoms with E-state index in [-0.39, 0.29) is 29.5 Å². The molecule has 2 aliphatic carbocycles. The SMILES string of the molecule is Cc1cn(C)c2ccc(-c3ccc(C4NC5(CC5)C(=O)N4CC4CN(C(=O)C5CC5)C4)c(F)c3)cc12. The van der Waals surface area contributed by atoms with Crippen molar-refractivity contribution in [3.8, 4) is 11.1 Å². The number of rotatable bonds is 5. The zero-order valence-electron chi connectivity index (χ0n) is 20.8. The molecular formula is C29H31FN4O2. The molecular weight excluding hydrogens is 455 g/mol. The van der Waals surface area contributed by atoms with Crippen molar-refractivity contribution in [3.05, 3.63) is 59.5 Å². The van der Waals surface area contributed by atoms with Gasteiger partial charge >= 0.3 is 0 Å². The van der Waals surface area contributed by atoms with Crippen molar-refractivity contribution in [2.75, 3.05) is 19.6 Å². The van der Waals surface area contributed by atoms with Crippen LogP contribution in [0.3, 0.4) is 0 Å². The molecule has 1 atom stereocenters. The fourth-order valence-corrected chi connectivity index (χ4v) is 6.14. The normalized spacial score (nSPS) is 23.1. The van der Waals surface area contributed by atoms with E-state index >= 15 is 4.39 Å². The summed E-state index contributed by atoms with van der Waals surface area (Å²) in [5.41, 5.74) is 4.13. The highest BCUT2D eigenvalue weighted by Gasteiger charge is 2.60. The van der Waals surface area contributed by atoms with Crippen LogP contribution in [0.25, 0.3) is 22.0 Å². The molecule has 2 aromatic carbocycles. The number of aryl methyl sites for hydroxylation is 2. The number of benzene rings is 2. The Hall–Kier alpha value is -3.19. The number of aromatic nitrogens is 1. The summed E-state index contributed by atoms with van der Waals surface area (Å²) >= 11 is 0. The van der Waals surface area contributed by atoms with Gasteiger partial charge in [0, 0.05) is 61.2 Å². The van der Waals surface area contributed by atoms with Gasteiger partial charge in [0.1, 0.15) is 17.5 Å². The van der Waals surface area contributed by atoms with Crippen LogP contribution < -0.4 is 5.32 Å². The minimum atomic E-state index is -0.529. The third kappa shape index (κ3) is 3.39. The molecule has 36 heavy (non-hydrogen) atoms. The van der Waals surface area contributed by atoms with Gasteiger partial charge in [-0.05, 0) is 67.5 Å². The minimum Gasteiger partial charge on any atom is -0.350 e. The van der Waals surface area contributed by atoms with E-state index in [4.69, 9.17) is 0 Å². The molecule has 1 aromatic heterocycles. The zero-order chi connectivity index (χ0) is 24.8. The maximum Gasteiger partial charge on any atom is 0.244 e. The number of nitrogens with one attached hydrogen (secondary N) is 1. The van der Waals surface area contributed by atoms with Gasteiger partial charge in [-0.25, -0.2) is 4.39 Å². The smallest absolute Gasteiger partial charge is 0.244 e. The Bertz CT molecular complexity index is 1410. The van der Waals surface area contributed by atoms with Crippen LogP contribution in [-0.4, -0.2) is 51.4 Å². The van der Waals surface area contributed by atoms with Crippen LogP contribution in [-0.2, 0) is 16.6 Å². The van der Waals surface area contributed by atoms with Crippen molar-refractivity contribution in [1.29, 1.82) is 0 Å². The number of carbonyl (C=O) groups excluding carboxylic acids is 2. The molecule has 4 fully saturated rings. The van der Waals surface area contributed by atoms with Gasteiger partial charge in [0.25, 0.3) is 0 Å². The van der Waals surface area contributed by atoms with Gasteiger partial charge in [0.2, 0.25) is 11.8 Å². The standard InChI is InChI=1S/C29H31FN4O2/c1-17-13-32(2)25-8-6-20(11-23(17)25)21-5-7-22(24(30)12-21)26-31-29(9-10-29)28(36)34(26)16-18-14-33(15-18)27(35)19-3-4-19/h5-8,11-13,18-19,26,31H,3-4,9-10,14-16H2,1-2H3. The lowest BCUT2D eigenvalue weighted by atomic mass is 9.97. The molecule has 1 spiro atoms. The molecule has 0 bridgehead atoms. The zero-order valence-corrected chi connectivity index (χ0v) is 20.8. The molecule has 0 radical (unpaired) electrons. The van der Waals surface area contributed by atoms with Crippen molar-refractivity contribution < 1.29 is 14.0 Å². The van der Waals surface area contributed by atoms with Crippen molar-refractivity contribution in [2.45, 2.75) is 44.3 Å². The summed E-state index contributed by atoms with van der Waals surface area (Å²) < 4.78 is 17.7. The topological polar surface area (TPSA) is 57.6 Å². The van der Waals surface area contributed by atoms with E-state index in [2.05, 4.69) is 35.1 Å². The molecule has 3 heterocycles. The first-order valence-corrected chi connectivity index (χ1v) is 13.1. The van der Waals surface area contributed by atoms with Crippen LogP contribution in [0.15, 0.2) is 42.6 Å². The fraction of sp³-hybridized carbons (Fsp3) is 0.448. The third-order valence-electron chi connectivity index (χ3n) is 8.61. The number of carbonyl (C=O) groups is 2. The monoisotopic (exact) mass is 486 g/mol. The highest BCUT2D eigenvalue weighted by atomic mass is 19.1. The first-order valence-electron chi connectivity index (χ1n) is 13.1. The van der Waals surface area contributed by atoms with Gasteiger partial charge in [-0.1, -0.05) is 18.2 Å². The second-order valence-corrected chi connectivity index (χ2v) is 11.4. The second-order valence-electron chi connectivity index (χ2n) is 11.4. The van der Waals surface area contributed by atoms with Gasteiger partial charge in [-0.3, -0.25) is 14.9 Å². The van der Waals surface area contributed by atoms with Crippen LogP contribution in [0.5, 0.6) is 0 Å². The highest BCUT2D eigenvalue weighted by Crippen LogP contribution is 2.47. The van der Waals surface area contributed by atoms with Gasteiger partial charge in [0.15, 0.2) is 0 Å². The Morgan fingerprint density at radius 1 is 1.11 bits per heavy atom. The van der Waals surface area contributed by atoms with Crippen molar-refractivity contribution in [3.63, 3.8) is 0 Å². The van der Waals surface area contributed by atoms with E-state index in [1.807, 2.05) is 35.0 Å². The van der Waals surface area contributed by atoms with Gasteiger partial charge in [0.05, 0.1) is 0 Å². The average Bonchev–Trinajstić information content (AvgIpc) is 3.75. The summed E-state index contributed by atoms with van der Waals surface area (Å²) in [6.45, 7) is 4.03. The maximum absolute atomic E-state index is 15.6. The van der Waals surface area contributed by atoms with Gasteiger partial charge < -0.3 is 14.4 Å². The van der Waals surface area contributed by atoms with E-state index in [0.29, 0.717) is 25.2 Å². The molecule has 3 aromatic rings. The first kappa shape index (κ1) is 22.0. The molecule has 186 valence electrons. The number of likely N-dealkylation sites (tertiary alicyclic amines) is 1. The summed E-state index contributed by atoms with van der Waals surface area (Å²) in [5.74, 6) is 0.510. The quantitative estimate of drug-likeness (QED) is 0.590. The summed E-state index contributed by atoms with van der Waals surface area (Å²) in [6, 6.07) is 11.6. The predicted octanol–water partition coefficient (Wildman–Crippen LogP) is 4.12. The number of nitrogens with zero attached hydrogens (tertiary/aromatic N) is 3. The predicted molar refractivity (Wildman–Crippen MR) is 135 cm³/mol. The average molecular weight is 487 g/mol. The van der Waals surface area contributed by atoms with Gasteiger partial charge in [-0.15, -0.1) is 0 Å². The molecule has 1 unspecified atom stereocenters. The Morgan fingerprint density at radius 2 is 1.83 bits per heavy atom. The van der Waals surface area contributed by atoms with Gasteiger partial charge in [-0.2, -0.15) is 0 Å². The van der Waals surface area contributed by atoms with Crippen molar-refractivity contribution >= 4 is 22.7 Å². The number of fused-ring (bicyclic) bond motifs is 1. The van der Waals surface area contributed by atoms with Crippen LogP contribution in [0, 0.1) is 24.6 Å². The molecule has 2 saturated heterocycles. The van der Waals surface area contributed by atoms with Crippen LogP contribution >= 0.6 is 0 Å². The highest BCUT2D eigenvalue weighted by molar-refractivity contribution is 5.92. The summed E-state index contributed by atoms with van der Waals surface area (Å²) in [4.78, 5) is 29.3. The van der Waals surface area contributed by atoms with Crippen LogP contribution in [0.4, 0.5) is 4.39 Å². The lowest BCUT2D eigenvalue weighted by molar-refractivity contribution is -0.140. The van der Waals surface area contributed by atoms with E-state index in [0.717, 1.165) is 42.3 Å². The molecule has 2 saturated carbocycles. The minimum absolute atomic E-state index is 0.0768. The largest absolute Gasteiger partial charge is 0.350 e. The number of hydrogen-bond donors (Lipinski definition) is 1. The number of hydrogen-bond acceptors (Lipinski definition) is 3. The van der Waals surface area contributed by atoms with Crippen molar-refractivity contribution in [1.82, 2.24) is 19.7 Å². The molecule has 2 aliphatic heterocycles. The van der Waals surface area contributed by atoms with E-state index in [1.165, 1.54) is 10.9 Å². The van der Waals surface area contributed by atoms with Crippen LogP contribution in [0.2, 0.25) is 0 Å². The maximum atomic E-state index is 15.6. The number of amides is 2. The molecule has 4 aliphatic rings. The molecule has 7 heteroatoms. The Labute approximate surface area is 210 Å². The molecule has 1 N–H and O–H groups in total. The van der Waals surface area contributed by atoms with E-state index in [1.54, 1.807) is 6.07 Å². The number of halogens is 1. The summed E-state index contributed by atoms with van der Waals surface area (Å²) in [6.07, 6.45) is 5.24. The molecule has 6 nitrogen and oxygen atoms in total. The fourth-order valence-electron chi connectivity index (χ4n) is 6.14. The summed E-state index contributed by atoms with van der Waals surface area (Å²) in [5, 5.41) is 4.63. The summed E-state index contributed by atoms with van der Waals surface area (Å²) in [7, 11) is 2.03. The Balaban J connectivity index is 1.13. The van der Waals surface area contributed by atoms with E-state index < -0.39 is 11.7 Å². The Morgan fingerprint density at radius 3 is 2.53 bits per heavy atom. The molecule has 2 amide bonds. The van der Waals surface area contributed by atoms with Crippen molar-refractivity contribution in [2.24, 2.45) is 18.9 Å². The lowest BCUT2D eigenvalue weighted by Gasteiger charge is -2.42. The van der Waals surface area contributed by atoms with Crippen LogP contribution in [0.1, 0.15) is 43.0 Å². The third-order valence-corrected chi connectivity index (χ3v) is 8.61. The first-order chi connectivity index (χ1) is 17.3. The second kappa shape index (κ2) is 7.65. The molecule has 7 rings (SSSR count).